The highest BCUT2D eigenvalue weighted by Crippen LogP contribution is 2.21. The molecule has 0 bridgehead atoms. The molecule has 0 saturated carbocycles. The van der Waals surface area contributed by atoms with Crippen LogP contribution in [0.4, 0.5) is 0 Å². The van der Waals surface area contributed by atoms with Crippen LogP contribution in [-0.4, -0.2) is 35.9 Å². The minimum Gasteiger partial charge on any atom is -0.465 e. The number of pyridine rings is 1. The van der Waals surface area contributed by atoms with Gasteiger partial charge in [0.15, 0.2) is 0 Å². The molecule has 0 aliphatic heterocycles. The Labute approximate surface area is 106 Å². The van der Waals surface area contributed by atoms with Crippen molar-refractivity contribution in [1.82, 2.24) is 10.3 Å². The number of likely N-dealkylation sites (N-methyl/N-ethyl adjacent to an activating group) is 1. The summed E-state index contributed by atoms with van der Waals surface area (Å²) < 4.78 is 5.05. The fourth-order valence-electron chi connectivity index (χ4n) is 1.17. The van der Waals surface area contributed by atoms with E-state index >= 15 is 0 Å². The first kappa shape index (κ1) is 14.0. The van der Waals surface area contributed by atoms with Crippen LogP contribution in [0.2, 0.25) is 0 Å². The lowest BCUT2D eigenvalue weighted by atomic mass is 10.1. The van der Waals surface area contributed by atoms with Crippen LogP contribution in [0.1, 0.15) is 13.8 Å². The Balaban J connectivity index is 2.60. The molecule has 94 valence electrons. The molecule has 1 heterocycles. The smallest absolute Gasteiger partial charge is 0.326 e. The Morgan fingerprint density at radius 3 is 2.88 bits per heavy atom. The lowest BCUT2D eigenvalue weighted by Crippen LogP contribution is -2.50. The van der Waals surface area contributed by atoms with Gasteiger partial charge in [0.1, 0.15) is 5.54 Å². The molecule has 1 N–H and O–H groups in total. The summed E-state index contributed by atoms with van der Waals surface area (Å²) in [5.74, 6) is 0.352. The molecule has 0 aliphatic rings. The highest BCUT2D eigenvalue weighted by Gasteiger charge is 2.33. The topological polar surface area (TPSA) is 51.2 Å². The van der Waals surface area contributed by atoms with E-state index in [4.69, 9.17) is 4.74 Å². The maximum Gasteiger partial charge on any atom is 0.326 e. The quantitative estimate of drug-likeness (QED) is 0.619. The van der Waals surface area contributed by atoms with Gasteiger partial charge < -0.3 is 10.1 Å². The van der Waals surface area contributed by atoms with E-state index in [2.05, 4.69) is 10.3 Å². The first-order valence-corrected chi connectivity index (χ1v) is 6.51. The van der Waals surface area contributed by atoms with E-state index in [0.29, 0.717) is 12.4 Å². The lowest BCUT2D eigenvalue weighted by Gasteiger charge is -2.25. The summed E-state index contributed by atoms with van der Waals surface area (Å²) in [5.41, 5.74) is -0.682. The third-order valence-corrected chi connectivity index (χ3v) is 3.68. The standard InChI is InChI=1S/C12H18N2O2S/c1-4-16-11(15)12(2,13-3)9-17-10-7-5-6-8-14-10/h5-8,13H,4,9H2,1-3H3. The van der Waals surface area contributed by atoms with Gasteiger partial charge in [0.05, 0.1) is 11.6 Å². The molecule has 1 atom stereocenters. The highest BCUT2D eigenvalue weighted by atomic mass is 32.2. The van der Waals surface area contributed by atoms with Gasteiger partial charge in [-0.3, -0.25) is 4.79 Å². The number of rotatable bonds is 6. The predicted octanol–water partition coefficient (Wildman–Crippen LogP) is 1.71. The molecule has 0 spiro atoms. The SMILES string of the molecule is CCOC(=O)C(C)(CSc1ccccn1)NC. The zero-order valence-corrected chi connectivity index (χ0v) is 11.2. The minimum atomic E-state index is -0.682. The molecule has 0 aliphatic carbocycles. The van der Waals surface area contributed by atoms with E-state index < -0.39 is 5.54 Å². The van der Waals surface area contributed by atoms with Crippen LogP contribution in [-0.2, 0) is 9.53 Å². The third kappa shape index (κ3) is 4.02. The third-order valence-electron chi connectivity index (χ3n) is 2.42. The molecule has 0 aromatic carbocycles. The molecule has 1 aromatic rings. The second kappa shape index (κ2) is 6.61. The van der Waals surface area contributed by atoms with Gasteiger partial charge in [-0.05, 0) is 33.0 Å². The molecule has 5 heteroatoms. The number of nitrogens with zero attached hydrogens (tertiary/aromatic N) is 1. The molecular formula is C12H18N2O2S. The normalized spacial score (nSPS) is 14.1. The summed E-state index contributed by atoms with van der Waals surface area (Å²) in [5, 5.41) is 3.91. The molecule has 17 heavy (non-hydrogen) atoms. The summed E-state index contributed by atoms with van der Waals surface area (Å²) >= 11 is 1.53. The van der Waals surface area contributed by atoms with E-state index in [1.165, 1.54) is 11.8 Å². The Morgan fingerprint density at radius 2 is 2.35 bits per heavy atom. The van der Waals surface area contributed by atoms with E-state index in [1.54, 1.807) is 20.2 Å². The Kier molecular flexibility index (Phi) is 5.44. The van der Waals surface area contributed by atoms with Crippen molar-refractivity contribution < 1.29 is 9.53 Å². The van der Waals surface area contributed by atoms with Gasteiger partial charge in [0.25, 0.3) is 0 Å². The average Bonchev–Trinajstić information content (AvgIpc) is 2.37. The Morgan fingerprint density at radius 1 is 1.59 bits per heavy atom. The summed E-state index contributed by atoms with van der Waals surface area (Å²) in [6.07, 6.45) is 1.74. The van der Waals surface area contributed by atoms with E-state index in [1.807, 2.05) is 25.1 Å². The van der Waals surface area contributed by atoms with E-state index in [-0.39, 0.29) is 5.97 Å². The molecule has 1 rings (SSSR count). The Bertz CT molecular complexity index is 359. The van der Waals surface area contributed by atoms with Crippen LogP contribution in [0.15, 0.2) is 29.4 Å². The van der Waals surface area contributed by atoms with Gasteiger partial charge in [0.2, 0.25) is 0 Å². The van der Waals surface area contributed by atoms with Crippen molar-refractivity contribution in [2.24, 2.45) is 0 Å². The molecule has 4 nitrogen and oxygen atoms in total. The number of nitrogens with one attached hydrogen (secondary N) is 1. The van der Waals surface area contributed by atoms with Crippen molar-refractivity contribution in [3.05, 3.63) is 24.4 Å². The van der Waals surface area contributed by atoms with Crippen LogP contribution in [0.5, 0.6) is 0 Å². The fraction of sp³-hybridized carbons (Fsp3) is 0.500. The Hall–Kier alpha value is -1.07. The van der Waals surface area contributed by atoms with Crippen LogP contribution < -0.4 is 5.32 Å². The first-order chi connectivity index (χ1) is 8.12. The monoisotopic (exact) mass is 254 g/mol. The van der Waals surface area contributed by atoms with Gasteiger partial charge in [-0.2, -0.15) is 0 Å². The maximum atomic E-state index is 11.8. The van der Waals surface area contributed by atoms with E-state index in [0.717, 1.165) is 5.03 Å². The largest absolute Gasteiger partial charge is 0.465 e. The summed E-state index contributed by atoms with van der Waals surface area (Å²) in [6.45, 7) is 4.03. The number of esters is 1. The van der Waals surface area contributed by atoms with Crippen molar-refractivity contribution in [1.29, 1.82) is 0 Å². The number of thioether (sulfide) groups is 1. The van der Waals surface area contributed by atoms with Crippen LogP contribution >= 0.6 is 11.8 Å². The highest BCUT2D eigenvalue weighted by molar-refractivity contribution is 7.99. The number of hydrogen-bond donors (Lipinski definition) is 1. The number of ether oxygens (including phenoxy) is 1. The number of aromatic nitrogens is 1. The van der Waals surface area contributed by atoms with Gasteiger partial charge in [0, 0.05) is 11.9 Å². The number of carbonyl (C=O) groups excluding carboxylic acids is 1. The zero-order chi connectivity index (χ0) is 12.7. The lowest BCUT2D eigenvalue weighted by molar-refractivity contribution is -0.149. The molecule has 0 saturated heterocycles. The summed E-state index contributed by atoms with van der Waals surface area (Å²) in [6, 6.07) is 5.72. The van der Waals surface area contributed by atoms with Crippen LogP contribution in [0.3, 0.4) is 0 Å². The van der Waals surface area contributed by atoms with Crippen LogP contribution in [0.25, 0.3) is 0 Å². The van der Waals surface area contributed by atoms with Gasteiger partial charge in [-0.15, -0.1) is 11.8 Å². The number of hydrogen-bond acceptors (Lipinski definition) is 5. The van der Waals surface area contributed by atoms with Crippen molar-refractivity contribution in [2.75, 3.05) is 19.4 Å². The summed E-state index contributed by atoms with van der Waals surface area (Å²) in [7, 11) is 1.76. The van der Waals surface area contributed by atoms with Gasteiger partial charge in [-0.25, -0.2) is 4.98 Å². The van der Waals surface area contributed by atoms with Crippen molar-refractivity contribution in [2.45, 2.75) is 24.4 Å². The number of carbonyl (C=O) groups is 1. The van der Waals surface area contributed by atoms with Crippen LogP contribution in [0, 0.1) is 0 Å². The second-order valence-electron chi connectivity index (χ2n) is 3.76. The molecule has 0 fully saturated rings. The minimum absolute atomic E-state index is 0.231. The van der Waals surface area contributed by atoms with E-state index in [9.17, 15) is 4.79 Å². The zero-order valence-electron chi connectivity index (χ0n) is 10.4. The molecule has 1 aromatic heterocycles. The molecule has 1 unspecified atom stereocenters. The van der Waals surface area contributed by atoms with Crippen molar-refractivity contribution in [3.8, 4) is 0 Å². The predicted molar refractivity (Wildman–Crippen MR) is 69.1 cm³/mol. The maximum absolute atomic E-state index is 11.8. The molecular weight excluding hydrogens is 236 g/mol. The molecule has 0 amide bonds. The van der Waals surface area contributed by atoms with Gasteiger partial charge in [-0.1, -0.05) is 6.07 Å². The van der Waals surface area contributed by atoms with Crippen molar-refractivity contribution in [3.63, 3.8) is 0 Å². The molecule has 0 radical (unpaired) electrons. The first-order valence-electron chi connectivity index (χ1n) is 5.52. The van der Waals surface area contributed by atoms with Crippen molar-refractivity contribution >= 4 is 17.7 Å². The van der Waals surface area contributed by atoms with Gasteiger partial charge >= 0.3 is 5.97 Å². The summed E-state index contributed by atoms with van der Waals surface area (Å²) in [4.78, 5) is 16.0. The second-order valence-corrected chi connectivity index (χ2v) is 4.75. The fourth-order valence-corrected chi connectivity index (χ4v) is 2.18. The average molecular weight is 254 g/mol.